The van der Waals surface area contributed by atoms with Crippen molar-refractivity contribution in [3.05, 3.63) is 59.8 Å². The number of benzene rings is 1. The van der Waals surface area contributed by atoms with Gasteiger partial charge in [0.2, 0.25) is 11.8 Å². The van der Waals surface area contributed by atoms with Crippen LogP contribution in [0.1, 0.15) is 24.1 Å². The van der Waals surface area contributed by atoms with Crippen molar-refractivity contribution in [2.24, 2.45) is 0 Å². The van der Waals surface area contributed by atoms with Gasteiger partial charge in [0.1, 0.15) is 6.04 Å². The molecule has 2 aromatic rings. The molecule has 0 radical (unpaired) electrons. The summed E-state index contributed by atoms with van der Waals surface area (Å²) in [5, 5.41) is 2.99. The lowest BCUT2D eigenvalue weighted by molar-refractivity contribution is -0.126. The van der Waals surface area contributed by atoms with E-state index in [0.29, 0.717) is 12.4 Å². The fourth-order valence-corrected chi connectivity index (χ4v) is 2.45. The van der Waals surface area contributed by atoms with E-state index in [0.717, 1.165) is 17.7 Å². The number of carbonyl (C=O) groups excluding carboxylic acids is 1. The van der Waals surface area contributed by atoms with E-state index in [9.17, 15) is 4.79 Å². The lowest BCUT2D eigenvalue weighted by Gasteiger charge is -2.26. The van der Waals surface area contributed by atoms with Gasteiger partial charge in [-0.15, -0.1) is 0 Å². The van der Waals surface area contributed by atoms with Gasteiger partial charge in [0.15, 0.2) is 0 Å². The average Bonchev–Trinajstić information content (AvgIpc) is 2.61. The molecule has 1 aromatic heterocycles. The van der Waals surface area contributed by atoms with E-state index < -0.39 is 0 Å². The molecule has 0 spiro atoms. The Hall–Kier alpha value is -2.40. The van der Waals surface area contributed by atoms with Crippen LogP contribution in [0.4, 0.5) is 0 Å². The molecule has 1 N–H and O–H groups in total. The van der Waals surface area contributed by atoms with Gasteiger partial charge in [-0.1, -0.05) is 43.3 Å². The minimum absolute atomic E-state index is 0.0357. The minimum atomic E-state index is -0.316. The van der Waals surface area contributed by atoms with Gasteiger partial charge in [-0.2, -0.15) is 0 Å². The minimum Gasteiger partial charge on any atom is -0.481 e. The summed E-state index contributed by atoms with van der Waals surface area (Å²) in [5.74, 6) is 0.499. The highest BCUT2D eigenvalue weighted by Gasteiger charge is 2.24. The van der Waals surface area contributed by atoms with Crippen molar-refractivity contribution in [1.82, 2.24) is 15.2 Å². The Morgan fingerprint density at radius 2 is 2.00 bits per heavy atom. The molecule has 1 amide bonds. The summed E-state index contributed by atoms with van der Waals surface area (Å²) in [6, 6.07) is 13.2. The summed E-state index contributed by atoms with van der Waals surface area (Å²) >= 11 is 0. The second kappa shape index (κ2) is 8.29. The molecular formula is C18H23N3O2. The van der Waals surface area contributed by atoms with Crippen LogP contribution in [0.2, 0.25) is 0 Å². The van der Waals surface area contributed by atoms with Crippen LogP contribution in [-0.4, -0.2) is 36.5 Å². The normalized spacial score (nSPS) is 12.0. The molecule has 1 atom stereocenters. The lowest BCUT2D eigenvalue weighted by atomic mass is 10.0. The first-order valence-electron chi connectivity index (χ1n) is 7.68. The topological polar surface area (TPSA) is 54.5 Å². The van der Waals surface area contributed by atoms with Crippen LogP contribution < -0.4 is 10.1 Å². The van der Waals surface area contributed by atoms with E-state index in [-0.39, 0.29) is 11.9 Å². The molecule has 0 aliphatic rings. The number of amides is 1. The molecule has 1 aromatic carbocycles. The molecule has 0 unspecified atom stereocenters. The first-order valence-corrected chi connectivity index (χ1v) is 7.68. The number of aromatic nitrogens is 1. The van der Waals surface area contributed by atoms with E-state index in [1.54, 1.807) is 13.3 Å². The molecule has 5 nitrogen and oxygen atoms in total. The van der Waals surface area contributed by atoms with Crippen molar-refractivity contribution in [2.75, 3.05) is 20.7 Å². The number of methoxy groups -OCH3 is 1. The Morgan fingerprint density at radius 3 is 2.65 bits per heavy atom. The number of hydrogen-bond acceptors (Lipinski definition) is 4. The van der Waals surface area contributed by atoms with Crippen LogP contribution >= 0.6 is 0 Å². The molecule has 1 heterocycles. The van der Waals surface area contributed by atoms with Crippen molar-refractivity contribution in [3.63, 3.8) is 0 Å². The number of pyridine rings is 1. The largest absolute Gasteiger partial charge is 0.481 e. The molecule has 0 aliphatic carbocycles. The van der Waals surface area contributed by atoms with E-state index >= 15 is 0 Å². The Balaban J connectivity index is 2.12. The fraction of sp³-hybridized carbons (Fsp3) is 0.333. The van der Waals surface area contributed by atoms with E-state index in [1.807, 2.05) is 61.3 Å². The maximum atomic E-state index is 12.7. The van der Waals surface area contributed by atoms with Gasteiger partial charge in [0.05, 0.1) is 7.11 Å². The third kappa shape index (κ3) is 4.29. The second-order valence-corrected chi connectivity index (χ2v) is 5.28. The quantitative estimate of drug-likeness (QED) is 0.853. The molecule has 0 bridgehead atoms. The highest BCUT2D eigenvalue weighted by molar-refractivity contribution is 5.83. The van der Waals surface area contributed by atoms with E-state index in [4.69, 9.17) is 4.74 Å². The first kappa shape index (κ1) is 17.0. The molecule has 23 heavy (non-hydrogen) atoms. The summed E-state index contributed by atoms with van der Waals surface area (Å²) in [6.07, 6.45) is 1.67. The highest BCUT2D eigenvalue weighted by atomic mass is 16.5. The van der Waals surface area contributed by atoms with Crippen LogP contribution in [-0.2, 0) is 11.3 Å². The molecule has 0 fully saturated rings. The van der Waals surface area contributed by atoms with Gasteiger partial charge in [-0.05, 0) is 25.2 Å². The predicted octanol–water partition coefficient (Wildman–Crippen LogP) is 2.40. The summed E-state index contributed by atoms with van der Waals surface area (Å²) < 4.78 is 5.22. The van der Waals surface area contributed by atoms with E-state index in [2.05, 4.69) is 10.3 Å². The number of likely N-dealkylation sites (N-methyl/N-ethyl adjacent to an activating group) is 1. The Labute approximate surface area is 137 Å². The predicted molar refractivity (Wildman–Crippen MR) is 90.1 cm³/mol. The Bertz CT molecular complexity index is 631. The van der Waals surface area contributed by atoms with Crippen LogP contribution in [0.3, 0.4) is 0 Å². The number of hydrogen-bond donors (Lipinski definition) is 1. The maximum Gasteiger partial charge on any atom is 0.242 e. The van der Waals surface area contributed by atoms with Crippen molar-refractivity contribution in [3.8, 4) is 5.88 Å². The van der Waals surface area contributed by atoms with E-state index in [1.165, 1.54) is 0 Å². The maximum absolute atomic E-state index is 12.7. The molecule has 122 valence electrons. The van der Waals surface area contributed by atoms with Crippen LogP contribution in [0, 0.1) is 0 Å². The molecule has 0 saturated carbocycles. The monoisotopic (exact) mass is 313 g/mol. The molecule has 0 aliphatic heterocycles. The molecular weight excluding hydrogens is 290 g/mol. The average molecular weight is 313 g/mol. The summed E-state index contributed by atoms with van der Waals surface area (Å²) in [4.78, 5) is 18.9. The summed E-state index contributed by atoms with van der Waals surface area (Å²) in [7, 11) is 3.52. The third-order valence-electron chi connectivity index (χ3n) is 3.80. The van der Waals surface area contributed by atoms with Gasteiger partial charge >= 0.3 is 0 Å². The number of carbonyl (C=O) groups is 1. The van der Waals surface area contributed by atoms with Crippen molar-refractivity contribution < 1.29 is 9.53 Å². The van der Waals surface area contributed by atoms with Gasteiger partial charge in [0, 0.05) is 18.3 Å². The van der Waals surface area contributed by atoms with Crippen molar-refractivity contribution in [2.45, 2.75) is 19.5 Å². The lowest BCUT2D eigenvalue weighted by Crippen LogP contribution is -2.38. The van der Waals surface area contributed by atoms with Gasteiger partial charge in [0.25, 0.3) is 0 Å². The summed E-state index contributed by atoms with van der Waals surface area (Å²) in [5.41, 5.74) is 1.84. The zero-order chi connectivity index (χ0) is 16.7. The zero-order valence-electron chi connectivity index (χ0n) is 13.8. The van der Waals surface area contributed by atoms with Gasteiger partial charge in [-0.3, -0.25) is 9.69 Å². The van der Waals surface area contributed by atoms with Crippen LogP contribution in [0.5, 0.6) is 5.88 Å². The Morgan fingerprint density at radius 1 is 1.26 bits per heavy atom. The van der Waals surface area contributed by atoms with Crippen molar-refractivity contribution >= 4 is 5.91 Å². The number of nitrogens with one attached hydrogen (secondary N) is 1. The zero-order valence-corrected chi connectivity index (χ0v) is 13.8. The summed E-state index contributed by atoms with van der Waals surface area (Å²) in [6.45, 7) is 3.20. The number of ether oxygens (including phenoxy) is 1. The first-order chi connectivity index (χ1) is 11.2. The molecule has 2 rings (SSSR count). The number of rotatable bonds is 7. The third-order valence-corrected chi connectivity index (χ3v) is 3.80. The number of nitrogens with zero attached hydrogens (tertiary/aromatic N) is 2. The smallest absolute Gasteiger partial charge is 0.242 e. The van der Waals surface area contributed by atoms with Crippen LogP contribution in [0.15, 0.2) is 48.7 Å². The highest BCUT2D eigenvalue weighted by Crippen LogP contribution is 2.20. The van der Waals surface area contributed by atoms with Gasteiger partial charge < -0.3 is 10.1 Å². The Kier molecular flexibility index (Phi) is 6.11. The van der Waals surface area contributed by atoms with Gasteiger partial charge in [-0.25, -0.2) is 4.98 Å². The van der Waals surface area contributed by atoms with Crippen molar-refractivity contribution in [1.29, 1.82) is 0 Å². The molecule has 0 saturated heterocycles. The standard InChI is InChI=1S/C18H23N3O2/c1-4-21(2)16(14-9-6-5-7-10-14)17(22)20-13-15-11-8-12-19-18(15)23-3/h5-12,16H,4,13H2,1-3H3,(H,20,22)/t16-/m0/s1. The fourth-order valence-electron chi connectivity index (χ4n) is 2.45. The SMILES string of the molecule is CCN(C)[C@H](C(=O)NCc1cccnc1OC)c1ccccc1. The molecule has 5 heteroatoms. The van der Waals surface area contributed by atoms with Crippen LogP contribution in [0.25, 0.3) is 0 Å². The second-order valence-electron chi connectivity index (χ2n) is 5.28.